The van der Waals surface area contributed by atoms with Crippen LogP contribution in [0.2, 0.25) is 0 Å². The van der Waals surface area contributed by atoms with Crippen molar-refractivity contribution in [2.24, 2.45) is 0 Å². The maximum Gasteiger partial charge on any atom is 0.243 e. The van der Waals surface area contributed by atoms with Gasteiger partial charge in [0.05, 0.1) is 11.5 Å². The molecule has 0 N–H and O–H groups in total. The summed E-state index contributed by atoms with van der Waals surface area (Å²) < 4.78 is 32.8. The fourth-order valence-electron chi connectivity index (χ4n) is 3.78. The number of hydrogen-bond acceptors (Lipinski definition) is 6. The predicted octanol–water partition coefficient (Wildman–Crippen LogP) is 4.15. The molecule has 35 heavy (non-hydrogen) atoms. The van der Waals surface area contributed by atoms with E-state index in [1.165, 1.54) is 11.1 Å². The van der Waals surface area contributed by atoms with Crippen LogP contribution >= 0.6 is 0 Å². The Balaban J connectivity index is 0.000000362. The fraction of sp³-hybridized carbons (Fsp3) is 0.481. The van der Waals surface area contributed by atoms with Gasteiger partial charge in [0.2, 0.25) is 10.0 Å². The Hall–Kier alpha value is -2.39. The Bertz CT molecular complexity index is 962. The molecule has 2 saturated heterocycles. The van der Waals surface area contributed by atoms with E-state index in [1.807, 2.05) is 32.8 Å². The summed E-state index contributed by atoms with van der Waals surface area (Å²) in [5, 5.41) is 0. The summed E-state index contributed by atoms with van der Waals surface area (Å²) in [6.07, 6.45) is 2.98. The van der Waals surface area contributed by atoms with Gasteiger partial charge in [-0.2, -0.15) is 4.31 Å². The fourth-order valence-corrected chi connectivity index (χ4v) is 5.23. The Kier molecular flexibility index (Phi) is 13.0. The van der Waals surface area contributed by atoms with Gasteiger partial charge in [0.1, 0.15) is 18.8 Å². The highest BCUT2D eigenvalue weighted by atomic mass is 32.2. The highest BCUT2D eigenvalue weighted by Gasteiger charge is 2.44. The van der Waals surface area contributed by atoms with Crippen LogP contribution in [0, 0.1) is 20.8 Å². The Morgan fingerprint density at radius 2 is 1.29 bits per heavy atom. The van der Waals surface area contributed by atoms with E-state index in [0.29, 0.717) is 24.4 Å². The molecule has 2 aliphatic rings. The third-order valence-electron chi connectivity index (χ3n) is 6.04. The summed E-state index contributed by atoms with van der Waals surface area (Å²) in [6, 6.07) is 15.5. The zero-order chi connectivity index (χ0) is 26.5. The van der Waals surface area contributed by atoms with E-state index >= 15 is 0 Å². The number of carbonyl (C=O) groups is 2. The second-order valence-electron chi connectivity index (χ2n) is 8.66. The van der Waals surface area contributed by atoms with Crippen LogP contribution in [0.4, 0.5) is 0 Å². The van der Waals surface area contributed by atoms with Gasteiger partial charge >= 0.3 is 0 Å². The molecule has 0 saturated carbocycles. The van der Waals surface area contributed by atoms with Crippen molar-refractivity contribution in [1.29, 1.82) is 0 Å². The number of aldehydes is 1. The molecule has 0 unspecified atom stereocenters. The molecule has 7 nitrogen and oxygen atoms in total. The van der Waals surface area contributed by atoms with Gasteiger partial charge in [-0.3, -0.25) is 4.90 Å². The minimum Gasteiger partial charge on any atom is -0.359 e. The number of rotatable bonds is 3. The lowest BCUT2D eigenvalue weighted by Gasteiger charge is -2.41. The average Bonchev–Trinajstić information content (AvgIpc) is 3.22. The van der Waals surface area contributed by atoms with Crippen LogP contribution in [0.1, 0.15) is 42.9 Å². The smallest absolute Gasteiger partial charge is 0.243 e. The molecule has 0 atom stereocenters. The van der Waals surface area contributed by atoms with Crippen LogP contribution < -0.4 is 0 Å². The number of sulfonamides is 1. The van der Waals surface area contributed by atoms with Gasteiger partial charge in [-0.1, -0.05) is 60.0 Å². The molecule has 0 radical (unpaired) electrons. The molecule has 2 heterocycles. The van der Waals surface area contributed by atoms with Gasteiger partial charge < -0.3 is 14.3 Å². The van der Waals surface area contributed by atoms with Gasteiger partial charge in [0.25, 0.3) is 0 Å². The number of carbonyl (C=O) groups excluding carboxylic acids is 2. The SMILES string of the molecule is C=O.CCC=O.Cc1ccc(C)cc1.Cc1ccc(S(=O)(=O)N2CCC3(CC2)OCCN3C)cc1. The van der Waals surface area contributed by atoms with Crippen molar-refractivity contribution in [3.63, 3.8) is 0 Å². The molecule has 1 spiro atoms. The van der Waals surface area contributed by atoms with E-state index < -0.39 is 10.0 Å². The molecule has 0 amide bonds. The van der Waals surface area contributed by atoms with Crippen molar-refractivity contribution >= 4 is 23.1 Å². The molecule has 4 rings (SSSR count). The molecule has 2 aromatic rings. The minimum atomic E-state index is -3.38. The first-order valence-electron chi connectivity index (χ1n) is 11.8. The van der Waals surface area contributed by atoms with Crippen molar-refractivity contribution in [1.82, 2.24) is 9.21 Å². The summed E-state index contributed by atoms with van der Waals surface area (Å²) >= 11 is 0. The number of piperidine rings is 1. The van der Waals surface area contributed by atoms with Crippen LogP contribution in [0.15, 0.2) is 53.4 Å². The number of benzene rings is 2. The number of aryl methyl sites for hydroxylation is 3. The third kappa shape index (κ3) is 8.96. The molecule has 8 heteroatoms. The van der Waals surface area contributed by atoms with Gasteiger partial charge in [0, 0.05) is 38.9 Å². The molecule has 2 aromatic carbocycles. The number of ether oxygens (including phenoxy) is 1. The quantitative estimate of drug-likeness (QED) is 0.584. The van der Waals surface area contributed by atoms with Crippen LogP contribution in [0.3, 0.4) is 0 Å². The Labute approximate surface area is 211 Å². The standard InChI is InChI=1S/C15H22N2O3S.C8H10.C3H6O.CH2O/c1-13-3-5-14(6-4-13)21(18,19)17-9-7-15(8-10-17)16(2)11-12-20-15;1-7-3-5-8(2)6-4-7;1-2-3-4;1-2/h3-6H,7-12H2,1-2H3;3-6H,1-2H3;3H,2H2,1H3;1H2. The van der Waals surface area contributed by atoms with Crippen LogP contribution in [0.25, 0.3) is 0 Å². The first kappa shape index (κ1) is 30.6. The Morgan fingerprint density at radius 1 is 0.886 bits per heavy atom. The summed E-state index contributed by atoms with van der Waals surface area (Å²) in [7, 11) is -1.33. The molecule has 0 aliphatic carbocycles. The highest BCUT2D eigenvalue weighted by molar-refractivity contribution is 7.89. The molecule has 194 valence electrons. The highest BCUT2D eigenvalue weighted by Crippen LogP contribution is 2.34. The maximum absolute atomic E-state index is 12.7. The summed E-state index contributed by atoms with van der Waals surface area (Å²) in [5.41, 5.74) is 3.47. The number of hydrogen-bond donors (Lipinski definition) is 0. The summed E-state index contributed by atoms with van der Waals surface area (Å²) in [4.78, 5) is 19.8. The van der Waals surface area contributed by atoms with Crippen molar-refractivity contribution in [2.75, 3.05) is 33.3 Å². The first-order chi connectivity index (χ1) is 16.6. The number of likely N-dealkylation sites (N-methyl/N-ethyl adjacent to an activating group) is 1. The van der Waals surface area contributed by atoms with Crippen molar-refractivity contribution in [2.45, 2.75) is 57.6 Å². The normalized spacial score (nSPS) is 17.2. The van der Waals surface area contributed by atoms with Gasteiger partial charge in [-0.15, -0.1) is 0 Å². The monoisotopic (exact) mass is 504 g/mol. The van der Waals surface area contributed by atoms with Crippen molar-refractivity contribution < 1.29 is 22.7 Å². The van der Waals surface area contributed by atoms with E-state index in [0.717, 1.165) is 37.8 Å². The molecule has 2 fully saturated rings. The van der Waals surface area contributed by atoms with Gasteiger partial charge in [0.15, 0.2) is 0 Å². The second-order valence-corrected chi connectivity index (χ2v) is 10.6. The molecule has 0 aromatic heterocycles. The molecule has 0 bridgehead atoms. The lowest BCUT2D eigenvalue weighted by molar-refractivity contribution is -0.107. The summed E-state index contributed by atoms with van der Waals surface area (Å²) in [6.45, 7) is 12.6. The molecular formula is C27H40N2O5S. The van der Waals surface area contributed by atoms with Crippen molar-refractivity contribution in [3.8, 4) is 0 Å². The molecular weight excluding hydrogens is 464 g/mol. The zero-order valence-electron chi connectivity index (χ0n) is 21.7. The van der Waals surface area contributed by atoms with E-state index in [2.05, 4.69) is 50.1 Å². The lowest BCUT2D eigenvalue weighted by Crippen LogP contribution is -2.52. The predicted molar refractivity (Wildman–Crippen MR) is 140 cm³/mol. The van der Waals surface area contributed by atoms with Crippen LogP contribution in [-0.4, -0.2) is 69.7 Å². The van der Waals surface area contributed by atoms with Gasteiger partial charge in [-0.05, 0) is 40.0 Å². The van der Waals surface area contributed by atoms with E-state index in [-0.39, 0.29) is 5.72 Å². The molecule has 2 aliphatic heterocycles. The summed E-state index contributed by atoms with van der Waals surface area (Å²) in [5.74, 6) is 0. The third-order valence-corrected chi connectivity index (χ3v) is 7.95. The van der Waals surface area contributed by atoms with Crippen LogP contribution in [0.5, 0.6) is 0 Å². The number of nitrogens with zero attached hydrogens (tertiary/aromatic N) is 2. The van der Waals surface area contributed by atoms with Gasteiger partial charge in [-0.25, -0.2) is 8.42 Å². The zero-order valence-corrected chi connectivity index (χ0v) is 22.5. The van der Waals surface area contributed by atoms with Crippen LogP contribution in [-0.2, 0) is 24.3 Å². The Morgan fingerprint density at radius 3 is 1.63 bits per heavy atom. The van der Waals surface area contributed by atoms with E-state index in [4.69, 9.17) is 9.53 Å². The average molecular weight is 505 g/mol. The largest absolute Gasteiger partial charge is 0.359 e. The minimum absolute atomic E-state index is 0.251. The topological polar surface area (TPSA) is 84.0 Å². The van der Waals surface area contributed by atoms with E-state index in [9.17, 15) is 13.2 Å². The lowest BCUT2D eigenvalue weighted by atomic mass is 10.0. The second kappa shape index (κ2) is 14.9. The van der Waals surface area contributed by atoms with E-state index in [1.54, 1.807) is 16.4 Å². The first-order valence-corrected chi connectivity index (χ1v) is 13.3. The van der Waals surface area contributed by atoms with Crippen molar-refractivity contribution in [3.05, 3.63) is 65.2 Å². The maximum atomic E-state index is 12.7.